The van der Waals surface area contributed by atoms with Crippen LogP contribution < -0.4 is 5.32 Å². The zero-order chi connectivity index (χ0) is 14.2. The van der Waals surface area contributed by atoms with Crippen LogP contribution in [0.4, 0.5) is 0 Å². The van der Waals surface area contributed by atoms with Gasteiger partial charge in [0.15, 0.2) is 0 Å². The van der Waals surface area contributed by atoms with Crippen LogP contribution in [0.15, 0.2) is 41.1 Å². The number of rotatable bonds is 8. The Hall–Kier alpha value is -1.12. The second kappa shape index (κ2) is 8.23. The Balaban J connectivity index is 1.99. The fourth-order valence-corrected chi connectivity index (χ4v) is 3.24. The molecule has 2 rings (SSSR count). The summed E-state index contributed by atoms with van der Waals surface area (Å²) in [5.41, 5.74) is 4.31. The topological polar surface area (TPSA) is 12.0 Å². The first-order valence-corrected chi connectivity index (χ1v) is 8.52. The molecule has 0 aliphatic rings. The molecule has 108 valence electrons. The van der Waals surface area contributed by atoms with Crippen LogP contribution in [0.3, 0.4) is 0 Å². The van der Waals surface area contributed by atoms with Crippen molar-refractivity contribution >= 4 is 11.3 Å². The molecule has 1 heterocycles. The predicted molar refractivity (Wildman–Crippen MR) is 89.7 cm³/mol. The van der Waals surface area contributed by atoms with Crippen molar-refractivity contribution in [2.45, 2.75) is 39.0 Å². The van der Waals surface area contributed by atoms with Crippen molar-refractivity contribution in [2.24, 2.45) is 0 Å². The molecule has 0 amide bonds. The third-order valence-corrected chi connectivity index (χ3v) is 4.42. The monoisotopic (exact) mass is 287 g/mol. The van der Waals surface area contributed by atoms with Gasteiger partial charge in [0.25, 0.3) is 0 Å². The van der Waals surface area contributed by atoms with Gasteiger partial charge < -0.3 is 5.32 Å². The molecule has 0 aliphatic heterocycles. The van der Waals surface area contributed by atoms with Crippen LogP contribution in [-0.2, 0) is 6.42 Å². The molecule has 20 heavy (non-hydrogen) atoms. The molecule has 2 heteroatoms. The first kappa shape index (κ1) is 15.3. The van der Waals surface area contributed by atoms with Crippen LogP contribution in [0.5, 0.6) is 0 Å². The lowest BCUT2D eigenvalue weighted by atomic mass is 9.92. The lowest BCUT2D eigenvalue weighted by Gasteiger charge is -2.18. The summed E-state index contributed by atoms with van der Waals surface area (Å²) in [5.74, 6) is 0.612. The summed E-state index contributed by atoms with van der Waals surface area (Å²) in [4.78, 5) is 0. The normalized spacial score (nSPS) is 12.5. The van der Waals surface area contributed by atoms with Crippen LogP contribution in [-0.4, -0.2) is 13.1 Å². The predicted octanol–water partition coefficient (Wildman–Crippen LogP) is 4.77. The Morgan fingerprint density at radius 2 is 2.15 bits per heavy atom. The van der Waals surface area contributed by atoms with Gasteiger partial charge >= 0.3 is 0 Å². The minimum Gasteiger partial charge on any atom is -0.316 e. The molecule has 1 aromatic carbocycles. The average molecular weight is 287 g/mol. The summed E-state index contributed by atoms with van der Waals surface area (Å²) in [6, 6.07) is 11.2. The van der Waals surface area contributed by atoms with E-state index in [1.54, 1.807) is 11.3 Å². The van der Waals surface area contributed by atoms with Gasteiger partial charge in [-0.1, -0.05) is 36.8 Å². The summed E-state index contributed by atoms with van der Waals surface area (Å²) in [5, 5.41) is 8.03. The van der Waals surface area contributed by atoms with E-state index in [2.05, 4.69) is 60.3 Å². The van der Waals surface area contributed by atoms with Crippen molar-refractivity contribution in [3.63, 3.8) is 0 Å². The van der Waals surface area contributed by atoms with Crippen molar-refractivity contribution in [3.05, 3.63) is 57.8 Å². The Morgan fingerprint density at radius 1 is 1.25 bits per heavy atom. The maximum absolute atomic E-state index is 3.59. The molecule has 1 aromatic heterocycles. The Bertz CT molecular complexity index is 490. The van der Waals surface area contributed by atoms with Crippen molar-refractivity contribution in [3.8, 4) is 0 Å². The maximum Gasteiger partial charge on any atom is 0.00202 e. The van der Waals surface area contributed by atoms with E-state index in [0.717, 1.165) is 13.1 Å². The molecule has 1 atom stereocenters. The van der Waals surface area contributed by atoms with Crippen LogP contribution in [0.1, 0.15) is 42.4 Å². The highest BCUT2D eigenvalue weighted by atomic mass is 32.1. The SMILES string of the molecule is CCCNCC(CCc1ccsc1)c1cccc(C)c1. The second-order valence-corrected chi connectivity index (χ2v) is 6.27. The van der Waals surface area contributed by atoms with Gasteiger partial charge in [0, 0.05) is 6.54 Å². The number of hydrogen-bond donors (Lipinski definition) is 1. The van der Waals surface area contributed by atoms with Gasteiger partial charge in [-0.15, -0.1) is 0 Å². The van der Waals surface area contributed by atoms with E-state index in [9.17, 15) is 0 Å². The van der Waals surface area contributed by atoms with Gasteiger partial charge in [0.05, 0.1) is 0 Å². The highest BCUT2D eigenvalue weighted by Gasteiger charge is 2.11. The second-order valence-electron chi connectivity index (χ2n) is 5.49. The smallest absolute Gasteiger partial charge is 0.00202 e. The van der Waals surface area contributed by atoms with Crippen molar-refractivity contribution in [2.75, 3.05) is 13.1 Å². The molecule has 0 saturated heterocycles. The van der Waals surface area contributed by atoms with Gasteiger partial charge in [0.1, 0.15) is 0 Å². The zero-order valence-electron chi connectivity index (χ0n) is 12.6. The fraction of sp³-hybridized carbons (Fsp3) is 0.444. The maximum atomic E-state index is 3.59. The molecular formula is C18H25NS. The number of hydrogen-bond acceptors (Lipinski definition) is 2. The molecule has 0 radical (unpaired) electrons. The van der Waals surface area contributed by atoms with Gasteiger partial charge in [-0.25, -0.2) is 0 Å². The molecule has 0 saturated carbocycles. The summed E-state index contributed by atoms with van der Waals surface area (Å²) in [6.45, 7) is 6.60. The largest absolute Gasteiger partial charge is 0.316 e. The number of benzene rings is 1. The molecule has 1 unspecified atom stereocenters. The third-order valence-electron chi connectivity index (χ3n) is 3.69. The van der Waals surface area contributed by atoms with E-state index in [0.29, 0.717) is 5.92 Å². The first-order valence-electron chi connectivity index (χ1n) is 7.58. The first-order chi connectivity index (χ1) is 9.79. The number of aryl methyl sites for hydroxylation is 2. The van der Waals surface area contributed by atoms with Gasteiger partial charge in [0.2, 0.25) is 0 Å². The summed E-state index contributed by atoms with van der Waals surface area (Å²) in [6.07, 6.45) is 3.60. The van der Waals surface area contributed by atoms with E-state index < -0.39 is 0 Å². The molecule has 2 aromatic rings. The van der Waals surface area contributed by atoms with Crippen LogP contribution in [0, 0.1) is 6.92 Å². The molecular weight excluding hydrogens is 262 g/mol. The molecule has 1 N–H and O–H groups in total. The minimum atomic E-state index is 0.612. The quantitative estimate of drug-likeness (QED) is 0.689. The summed E-state index contributed by atoms with van der Waals surface area (Å²) in [7, 11) is 0. The summed E-state index contributed by atoms with van der Waals surface area (Å²) < 4.78 is 0. The third kappa shape index (κ3) is 4.77. The standard InChI is InChI=1S/C18H25NS/c1-3-10-19-13-18(8-7-16-9-11-20-14-16)17-6-4-5-15(2)12-17/h4-6,9,11-12,14,18-19H,3,7-8,10,13H2,1-2H3. The molecule has 0 spiro atoms. The van der Waals surface area contributed by atoms with Crippen molar-refractivity contribution in [1.29, 1.82) is 0 Å². The zero-order valence-corrected chi connectivity index (χ0v) is 13.4. The lowest BCUT2D eigenvalue weighted by Crippen LogP contribution is -2.22. The molecule has 1 nitrogen and oxygen atoms in total. The summed E-state index contributed by atoms with van der Waals surface area (Å²) >= 11 is 1.80. The van der Waals surface area contributed by atoms with E-state index in [1.165, 1.54) is 36.0 Å². The van der Waals surface area contributed by atoms with E-state index >= 15 is 0 Å². The van der Waals surface area contributed by atoms with Gasteiger partial charge in [-0.05, 0) is 66.6 Å². The average Bonchev–Trinajstić information content (AvgIpc) is 2.96. The van der Waals surface area contributed by atoms with Crippen LogP contribution >= 0.6 is 11.3 Å². The van der Waals surface area contributed by atoms with Crippen molar-refractivity contribution in [1.82, 2.24) is 5.32 Å². The fourth-order valence-electron chi connectivity index (χ4n) is 2.54. The Kier molecular flexibility index (Phi) is 6.28. The van der Waals surface area contributed by atoms with E-state index in [-0.39, 0.29) is 0 Å². The van der Waals surface area contributed by atoms with Gasteiger partial charge in [-0.3, -0.25) is 0 Å². The van der Waals surface area contributed by atoms with E-state index in [4.69, 9.17) is 0 Å². The number of thiophene rings is 1. The highest BCUT2D eigenvalue weighted by molar-refractivity contribution is 7.07. The Labute approximate surface area is 127 Å². The van der Waals surface area contributed by atoms with E-state index in [1.807, 2.05) is 0 Å². The lowest BCUT2D eigenvalue weighted by molar-refractivity contribution is 0.548. The molecule has 0 fully saturated rings. The minimum absolute atomic E-state index is 0.612. The van der Waals surface area contributed by atoms with Crippen LogP contribution in [0.2, 0.25) is 0 Å². The number of nitrogens with one attached hydrogen (secondary N) is 1. The molecule has 0 aliphatic carbocycles. The highest BCUT2D eigenvalue weighted by Crippen LogP contribution is 2.23. The van der Waals surface area contributed by atoms with Crippen molar-refractivity contribution < 1.29 is 0 Å². The van der Waals surface area contributed by atoms with Gasteiger partial charge in [-0.2, -0.15) is 11.3 Å². The Morgan fingerprint density at radius 3 is 2.85 bits per heavy atom. The molecule has 0 bridgehead atoms. The van der Waals surface area contributed by atoms with Crippen LogP contribution in [0.25, 0.3) is 0 Å².